The molecule has 0 heterocycles. The van der Waals surface area contributed by atoms with Gasteiger partial charge < -0.3 is 5.11 Å². The van der Waals surface area contributed by atoms with Crippen molar-refractivity contribution in [3.63, 3.8) is 0 Å². The zero-order valence-corrected chi connectivity index (χ0v) is 13.1. The van der Waals surface area contributed by atoms with Crippen LogP contribution < -0.4 is 0 Å². The molecule has 0 aliphatic rings. The van der Waals surface area contributed by atoms with Gasteiger partial charge in [0.05, 0.1) is 0 Å². The van der Waals surface area contributed by atoms with Crippen molar-refractivity contribution in [1.82, 2.24) is 0 Å². The quantitative estimate of drug-likeness (QED) is 0.798. The van der Waals surface area contributed by atoms with Gasteiger partial charge in [-0.05, 0) is 23.5 Å². The first-order valence-corrected chi connectivity index (χ1v) is 7.19. The molecule has 0 fully saturated rings. The molecule has 0 aliphatic carbocycles. The third kappa shape index (κ3) is 2.87. The molecule has 0 aliphatic heterocycles. The van der Waals surface area contributed by atoms with Crippen LogP contribution in [0, 0.1) is 6.92 Å². The number of hydrogen-bond donors (Lipinski definition) is 1. The Labute approximate surface area is 122 Å². The smallest absolute Gasteiger partial charge is 0.123 e. The summed E-state index contributed by atoms with van der Waals surface area (Å²) in [6, 6.07) is 14.5. The summed E-state index contributed by atoms with van der Waals surface area (Å²) in [5, 5.41) is 10.7. The summed E-state index contributed by atoms with van der Waals surface area (Å²) < 4.78 is 0. The van der Waals surface area contributed by atoms with Crippen LogP contribution in [0.2, 0.25) is 0 Å². The second-order valence-electron chi connectivity index (χ2n) is 6.63. The minimum absolute atomic E-state index is 0.0543. The van der Waals surface area contributed by atoms with Crippen LogP contribution in [0.3, 0.4) is 0 Å². The van der Waals surface area contributed by atoms with E-state index in [9.17, 15) is 5.11 Å². The van der Waals surface area contributed by atoms with Crippen LogP contribution in [-0.2, 0) is 5.41 Å². The van der Waals surface area contributed by atoms with Crippen molar-refractivity contribution in [2.75, 3.05) is 0 Å². The molecule has 0 radical (unpaired) electrons. The van der Waals surface area contributed by atoms with Gasteiger partial charge >= 0.3 is 0 Å². The van der Waals surface area contributed by atoms with Crippen LogP contribution in [0.1, 0.15) is 55.9 Å². The lowest BCUT2D eigenvalue weighted by Crippen LogP contribution is -2.13. The first kappa shape index (κ1) is 14.6. The van der Waals surface area contributed by atoms with Gasteiger partial charge in [-0.1, -0.05) is 75.7 Å². The molecule has 2 aromatic rings. The van der Waals surface area contributed by atoms with E-state index in [1.165, 1.54) is 11.1 Å². The minimum atomic E-state index is -0.0543. The zero-order valence-electron chi connectivity index (χ0n) is 13.1. The van der Waals surface area contributed by atoms with Crippen LogP contribution in [0.4, 0.5) is 0 Å². The van der Waals surface area contributed by atoms with Crippen LogP contribution in [0.5, 0.6) is 5.75 Å². The predicted molar refractivity (Wildman–Crippen MR) is 85.5 cm³/mol. The Kier molecular flexibility index (Phi) is 3.89. The second kappa shape index (κ2) is 5.32. The van der Waals surface area contributed by atoms with Crippen molar-refractivity contribution in [1.29, 1.82) is 0 Å². The molecule has 2 rings (SSSR count). The van der Waals surface area contributed by atoms with Crippen LogP contribution in [-0.4, -0.2) is 5.11 Å². The molecular weight excluding hydrogens is 244 g/mol. The number of phenolic OH excluding ortho intramolecular Hbond substituents is 1. The molecule has 20 heavy (non-hydrogen) atoms. The van der Waals surface area contributed by atoms with Gasteiger partial charge in [0.15, 0.2) is 0 Å². The maximum absolute atomic E-state index is 10.7. The van der Waals surface area contributed by atoms with Gasteiger partial charge in [0.2, 0.25) is 0 Å². The number of phenols is 1. The first-order valence-electron chi connectivity index (χ1n) is 7.19. The maximum atomic E-state index is 10.7. The fraction of sp³-hybridized carbons (Fsp3) is 0.368. The number of rotatable bonds is 2. The van der Waals surface area contributed by atoms with Crippen molar-refractivity contribution in [3.8, 4) is 5.75 Å². The van der Waals surface area contributed by atoms with Crippen molar-refractivity contribution < 1.29 is 5.11 Å². The lowest BCUT2D eigenvalue weighted by Gasteiger charge is -2.25. The summed E-state index contributed by atoms with van der Waals surface area (Å²) in [4.78, 5) is 0. The van der Waals surface area contributed by atoms with Gasteiger partial charge in [0.25, 0.3) is 0 Å². The lowest BCUT2D eigenvalue weighted by molar-refractivity contribution is 0.438. The number of aromatic hydroxyl groups is 1. The topological polar surface area (TPSA) is 20.2 Å². The van der Waals surface area contributed by atoms with E-state index in [-0.39, 0.29) is 11.3 Å². The Balaban J connectivity index is 2.55. The van der Waals surface area contributed by atoms with E-state index >= 15 is 0 Å². The summed E-state index contributed by atoms with van der Waals surface area (Å²) in [5.41, 5.74) is 4.41. The van der Waals surface area contributed by atoms with E-state index in [0.29, 0.717) is 5.75 Å². The zero-order chi connectivity index (χ0) is 14.9. The Bertz CT molecular complexity index is 591. The van der Waals surface area contributed by atoms with E-state index in [1.807, 2.05) is 18.2 Å². The van der Waals surface area contributed by atoms with E-state index in [4.69, 9.17) is 0 Å². The Morgan fingerprint density at radius 1 is 1.00 bits per heavy atom. The summed E-state index contributed by atoms with van der Waals surface area (Å²) in [7, 11) is 0. The summed E-state index contributed by atoms with van der Waals surface area (Å²) in [6.07, 6.45) is 0. The fourth-order valence-corrected chi connectivity index (χ4v) is 2.63. The molecule has 0 unspecified atom stereocenters. The molecule has 2 aromatic carbocycles. The largest absolute Gasteiger partial charge is 0.507 e. The summed E-state index contributed by atoms with van der Waals surface area (Å²) in [6.45, 7) is 10.7. The number of benzene rings is 2. The monoisotopic (exact) mass is 268 g/mol. The van der Waals surface area contributed by atoms with E-state index in [0.717, 1.165) is 11.1 Å². The number of aryl methyl sites for hydroxylation is 1. The molecular formula is C19H24O. The lowest BCUT2D eigenvalue weighted by atomic mass is 9.81. The van der Waals surface area contributed by atoms with Crippen molar-refractivity contribution >= 4 is 0 Å². The van der Waals surface area contributed by atoms with Gasteiger partial charge in [-0.25, -0.2) is 0 Å². The van der Waals surface area contributed by atoms with Gasteiger partial charge in [-0.3, -0.25) is 0 Å². The molecule has 1 heteroatoms. The average molecular weight is 268 g/mol. The average Bonchev–Trinajstić information content (AvgIpc) is 2.40. The Hall–Kier alpha value is -1.76. The SMILES string of the molecule is Cc1cc([C@@H](C)c2ccccc2)c(O)c(C(C)(C)C)c1. The molecule has 1 N–H and O–H groups in total. The highest BCUT2D eigenvalue weighted by molar-refractivity contribution is 5.50. The predicted octanol–water partition coefficient (Wildman–Crippen LogP) is 5.15. The molecule has 0 bridgehead atoms. The van der Waals surface area contributed by atoms with Crippen molar-refractivity contribution in [2.45, 2.75) is 46.0 Å². The highest BCUT2D eigenvalue weighted by atomic mass is 16.3. The highest BCUT2D eigenvalue weighted by Crippen LogP contribution is 2.39. The third-order valence-electron chi connectivity index (χ3n) is 3.86. The molecule has 0 saturated heterocycles. The normalized spacial score (nSPS) is 13.2. The van der Waals surface area contributed by atoms with E-state index in [1.54, 1.807) is 0 Å². The first-order chi connectivity index (χ1) is 9.30. The van der Waals surface area contributed by atoms with Gasteiger partial charge in [-0.2, -0.15) is 0 Å². The van der Waals surface area contributed by atoms with Crippen LogP contribution in [0.25, 0.3) is 0 Å². The molecule has 106 valence electrons. The molecule has 0 spiro atoms. The Morgan fingerprint density at radius 3 is 2.15 bits per heavy atom. The molecule has 0 amide bonds. The van der Waals surface area contributed by atoms with Crippen molar-refractivity contribution in [3.05, 3.63) is 64.7 Å². The van der Waals surface area contributed by atoms with Gasteiger partial charge in [0, 0.05) is 11.5 Å². The van der Waals surface area contributed by atoms with Gasteiger partial charge in [0.1, 0.15) is 5.75 Å². The highest BCUT2D eigenvalue weighted by Gasteiger charge is 2.23. The Morgan fingerprint density at radius 2 is 1.60 bits per heavy atom. The van der Waals surface area contributed by atoms with Gasteiger partial charge in [-0.15, -0.1) is 0 Å². The minimum Gasteiger partial charge on any atom is -0.507 e. The molecule has 0 aromatic heterocycles. The number of hydrogen-bond acceptors (Lipinski definition) is 1. The molecule has 1 nitrogen and oxygen atoms in total. The van der Waals surface area contributed by atoms with Crippen LogP contribution >= 0.6 is 0 Å². The fourth-order valence-electron chi connectivity index (χ4n) is 2.63. The van der Waals surface area contributed by atoms with E-state index in [2.05, 4.69) is 58.9 Å². The second-order valence-corrected chi connectivity index (χ2v) is 6.63. The summed E-state index contributed by atoms with van der Waals surface area (Å²) in [5.74, 6) is 0.636. The standard InChI is InChI=1S/C19H24O/c1-13-11-16(14(2)15-9-7-6-8-10-15)18(20)17(12-13)19(3,4)5/h6-12,14,20H,1-5H3/t14-/m0/s1. The van der Waals surface area contributed by atoms with Crippen LogP contribution in [0.15, 0.2) is 42.5 Å². The molecule has 0 saturated carbocycles. The molecule has 1 atom stereocenters. The summed E-state index contributed by atoms with van der Waals surface area (Å²) >= 11 is 0. The third-order valence-corrected chi connectivity index (χ3v) is 3.86. The van der Waals surface area contributed by atoms with Crippen molar-refractivity contribution in [2.24, 2.45) is 0 Å². The van der Waals surface area contributed by atoms with E-state index < -0.39 is 0 Å². The maximum Gasteiger partial charge on any atom is 0.123 e.